The molecule has 0 saturated heterocycles. The average molecular weight is 337 g/mol. The maximum Gasteiger partial charge on any atom is 0.158 e. The van der Waals surface area contributed by atoms with Crippen LogP contribution in [0.3, 0.4) is 0 Å². The van der Waals surface area contributed by atoms with Crippen molar-refractivity contribution < 1.29 is 0 Å². The van der Waals surface area contributed by atoms with E-state index in [1.165, 1.54) is 37.7 Å². The van der Waals surface area contributed by atoms with Crippen LogP contribution in [0.15, 0.2) is 24.5 Å². The molecule has 1 fully saturated rings. The first-order valence-electron chi connectivity index (χ1n) is 9.35. The van der Waals surface area contributed by atoms with E-state index < -0.39 is 0 Å². The number of rotatable bonds is 2. The van der Waals surface area contributed by atoms with Crippen LogP contribution in [0, 0.1) is 6.92 Å². The van der Waals surface area contributed by atoms with Gasteiger partial charge >= 0.3 is 0 Å². The van der Waals surface area contributed by atoms with Gasteiger partial charge in [-0.25, -0.2) is 9.67 Å². The van der Waals surface area contributed by atoms with E-state index in [0.717, 1.165) is 22.4 Å². The highest BCUT2D eigenvalue weighted by Crippen LogP contribution is 2.33. The number of fused-ring (bicyclic) bond motifs is 1. The Balaban J connectivity index is 1.84. The summed E-state index contributed by atoms with van der Waals surface area (Å²) >= 11 is 0. The van der Waals surface area contributed by atoms with Gasteiger partial charge in [-0.05, 0) is 58.2 Å². The molecular formula is C20H27N5. The fraction of sp³-hybridized carbons (Fsp3) is 0.550. The standard InChI is InChI=1S/C20H27N5/c1-14-13-24(15-9-6-5-7-10-15)22-17(14)18-16-11-8-12-21-19(16)25(23-18)20(2,3)4/h8,11-13,15H,5-7,9-10H2,1-4H3. The minimum Gasteiger partial charge on any atom is -0.269 e. The van der Waals surface area contributed by atoms with Crippen LogP contribution in [0.5, 0.6) is 0 Å². The van der Waals surface area contributed by atoms with Gasteiger partial charge in [0.05, 0.1) is 11.6 Å². The highest BCUT2D eigenvalue weighted by Gasteiger charge is 2.25. The van der Waals surface area contributed by atoms with Crippen molar-refractivity contribution in [3.8, 4) is 11.4 Å². The van der Waals surface area contributed by atoms with E-state index in [1.807, 2.05) is 16.9 Å². The van der Waals surface area contributed by atoms with E-state index in [4.69, 9.17) is 10.2 Å². The van der Waals surface area contributed by atoms with E-state index in [2.05, 4.69) is 49.6 Å². The van der Waals surface area contributed by atoms with Crippen LogP contribution in [0.25, 0.3) is 22.4 Å². The zero-order valence-corrected chi connectivity index (χ0v) is 15.7. The van der Waals surface area contributed by atoms with Crippen molar-refractivity contribution >= 4 is 11.0 Å². The molecule has 5 heteroatoms. The van der Waals surface area contributed by atoms with Crippen molar-refractivity contribution in [3.63, 3.8) is 0 Å². The Bertz CT molecular complexity index is 891. The number of hydrogen-bond acceptors (Lipinski definition) is 3. The molecule has 0 bridgehead atoms. The summed E-state index contributed by atoms with van der Waals surface area (Å²) in [7, 11) is 0. The first kappa shape index (κ1) is 16.3. The van der Waals surface area contributed by atoms with Crippen molar-refractivity contribution in [2.24, 2.45) is 0 Å². The molecule has 4 rings (SSSR count). The topological polar surface area (TPSA) is 48.5 Å². The van der Waals surface area contributed by atoms with E-state index in [-0.39, 0.29) is 5.54 Å². The molecule has 0 aromatic carbocycles. The average Bonchev–Trinajstić information content (AvgIpc) is 3.16. The van der Waals surface area contributed by atoms with Gasteiger partial charge in [0.25, 0.3) is 0 Å². The summed E-state index contributed by atoms with van der Waals surface area (Å²) in [6.07, 6.45) is 10.5. The Morgan fingerprint density at radius 2 is 1.80 bits per heavy atom. The summed E-state index contributed by atoms with van der Waals surface area (Å²) in [5.74, 6) is 0. The van der Waals surface area contributed by atoms with Crippen LogP contribution in [-0.4, -0.2) is 24.5 Å². The van der Waals surface area contributed by atoms with Crippen LogP contribution in [0.1, 0.15) is 64.5 Å². The number of nitrogens with zero attached hydrogens (tertiary/aromatic N) is 5. The molecule has 0 aliphatic heterocycles. The highest BCUT2D eigenvalue weighted by molar-refractivity contribution is 5.90. The third-order valence-electron chi connectivity index (χ3n) is 5.17. The van der Waals surface area contributed by atoms with Crippen LogP contribution in [0.2, 0.25) is 0 Å². The minimum atomic E-state index is -0.120. The van der Waals surface area contributed by atoms with E-state index in [0.29, 0.717) is 6.04 Å². The van der Waals surface area contributed by atoms with Gasteiger partial charge in [-0.1, -0.05) is 19.3 Å². The molecule has 0 N–H and O–H groups in total. The largest absolute Gasteiger partial charge is 0.269 e. The van der Waals surface area contributed by atoms with Crippen molar-refractivity contribution in [3.05, 3.63) is 30.1 Å². The summed E-state index contributed by atoms with van der Waals surface area (Å²) in [5.41, 5.74) is 3.94. The molecule has 0 amide bonds. The Kier molecular flexibility index (Phi) is 3.89. The number of hydrogen-bond donors (Lipinski definition) is 0. The summed E-state index contributed by atoms with van der Waals surface area (Å²) in [6.45, 7) is 8.61. The molecule has 0 radical (unpaired) electrons. The van der Waals surface area contributed by atoms with Gasteiger partial charge in [0, 0.05) is 17.8 Å². The summed E-state index contributed by atoms with van der Waals surface area (Å²) in [6, 6.07) is 4.62. The van der Waals surface area contributed by atoms with Gasteiger partial charge in [-0.3, -0.25) is 4.68 Å². The molecular weight excluding hydrogens is 310 g/mol. The van der Waals surface area contributed by atoms with Gasteiger partial charge in [-0.2, -0.15) is 10.2 Å². The predicted molar refractivity (Wildman–Crippen MR) is 101 cm³/mol. The van der Waals surface area contributed by atoms with E-state index >= 15 is 0 Å². The molecule has 1 aliphatic rings. The smallest absolute Gasteiger partial charge is 0.158 e. The van der Waals surface area contributed by atoms with Crippen LogP contribution < -0.4 is 0 Å². The third kappa shape index (κ3) is 2.86. The van der Waals surface area contributed by atoms with E-state index in [1.54, 1.807) is 0 Å². The Morgan fingerprint density at radius 1 is 1.04 bits per heavy atom. The van der Waals surface area contributed by atoms with Crippen LogP contribution in [0.4, 0.5) is 0 Å². The van der Waals surface area contributed by atoms with Crippen molar-refractivity contribution in [2.75, 3.05) is 0 Å². The number of aromatic nitrogens is 5. The van der Waals surface area contributed by atoms with Crippen molar-refractivity contribution in [1.29, 1.82) is 0 Å². The summed E-state index contributed by atoms with van der Waals surface area (Å²) in [5, 5.41) is 11.0. The molecule has 0 spiro atoms. The zero-order valence-electron chi connectivity index (χ0n) is 15.7. The Labute approximate surface area is 149 Å². The summed E-state index contributed by atoms with van der Waals surface area (Å²) in [4.78, 5) is 4.59. The first-order valence-corrected chi connectivity index (χ1v) is 9.35. The molecule has 25 heavy (non-hydrogen) atoms. The quantitative estimate of drug-likeness (QED) is 0.671. The monoisotopic (exact) mass is 337 g/mol. The minimum absolute atomic E-state index is 0.120. The maximum absolute atomic E-state index is 4.96. The van der Waals surface area contributed by atoms with Gasteiger partial charge in [0.2, 0.25) is 0 Å². The van der Waals surface area contributed by atoms with E-state index in [9.17, 15) is 0 Å². The number of pyridine rings is 1. The summed E-state index contributed by atoms with van der Waals surface area (Å²) < 4.78 is 4.21. The maximum atomic E-state index is 4.96. The van der Waals surface area contributed by atoms with Crippen molar-refractivity contribution in [2.45, 2.75) is 71.4 Å². The molecule has 5 nitrogen and oxygen atoms in total. The third-order valence-corrected chi connectivity index (χ3v) is 5.17. The molecule has 3 aromatic heterocycles. The van der Waals surface area contributed by atoms with Gasteiger partial charge in [0.15, 0.2) is 5.65 Å². The molecule has 1 saturated carbocycles. The van der Waals surface area contributed by atoms with Crippen LogP contribution in [-0.2, 0) is 5.54 Å². The van der Waals surface area contributed by atoms with Crippen LogP contribution >= 0.6 is 0 Å². The Morgan fingerprint density at radius 3 is 2.52 bits per heavy atom. The first-order chi connectivity index (χ1) is 11.9. The predicted octanol–water partition coefficient (Wildman–Crippen LogP) is 4.86. The second kappa shape index (κ2) is 5.97. The zero-order chi connectivity index (χ0) is 17.6. The molecule has 3 heterocycles. The van der Waals surface area contributed by atoms with Crippen molar-refractivity contribution in [1.82, 2.24) is 24.5 Å². The molecule has 1 aliphatic carbocycles. The lowest BCUT2D eigenvalue weighted by molar-refractivity contribution is 0.329. The fourth-order valence-corrected chi connectivity index (χ4v) is 3.84. The van der Waals surface area contributed by atoms with Gasteiger partial charge in [0.1, 0.15) is 11.4 Å². The fourth-order valence-electron chi connectivity index (χ4n) is 3.84. The lowest BCUT2D eigenvalue weighted by Crippen LogP contribution is -2.23. The second-order valence-electron chi connectivity index (χ2n) is 8.24. The van der Waals surface area contributed by atoms with Gasteiger partial charge in [-0.15, -0.1) is 0 Å². The molecule has 0 atom stereocenters. The normalized spacial score (nSPS) is 16.6. The number of aryl methyl sites for hydroxylation is 1. The molecule has 132 valence electrons. The lowest BCUT2D eigenvalue weighted by Gasteiger charge is -2.21. The Hall–Kier alpha value is -2.17. The highest BCUT2D eigenvalue weighted by atomic mass is 15.4. The molecule has 0 unspecified atom stereocenters. The molecule has 3 aromatic rings. The van der Waals surface area contributed by atoms with Gasteiger partial charge < -0.3 is 0 Å². The lowest BCUT2D eigenvalue weighted by atomic mass is 9.96. The second-order valence-corrected chi connectivity index (χ2v) is 8.24. The SMILES string of the molecule is Cc1cn(C2CCCCC2)nc1-c1nn(C(C)(C)C)c2ncccc12.